The van der Waals surface area contributed by atoms with E-state index in [0.717, 1.165) is 10.6 Å². The highest BCUT2D eigenvalue weighted by molar-refractivity contribution is 7.09. The molecule has 18 heavy (non-hydrogen) atoms. The van der Waals surface area contributed by atoms with E-state index in [1.165, 1.54) is 11.3 Å². The summed E-state index contributed by atoms with van der Waals surface area (Å²) in [6.45, 7) is 2.16. The van der Waals surface area contributed by atoms with Crippen LogP contribution in [0, 0.1) is 0 Å². The lowest BCUT2D eigenvalue weighted by Crippen LogP contribution is -2.22. The van der Waals surface area contributed by atoms with E-state index in [1.807, 2.05) is 30.3 Å². The minimum Gasteiger partial charge on any atom is -0.464 e. The highest BCUT2D eigenvalue weighted by Gasteiger charge is 2.23. The Morgan fingerprint density at radius 2 is 2.22 bits per heavy atom. The predicted molar refractivity (Wildman–Crippen MR) is 71.6 cm³/mol. The maximum absolute atomic E-state index is 11.9. The number of aromatic nitrogens is 1. The number of hydrogen-bond donors (Lipinski definition) is 1. The Morgan fingerprint density at radius 1 is 1.44 bits per heavy atom. The standard InChI is InChI=1S/C13H14N2O2S/c1-2-17-13(16)12(11-8-14-9-18-11)15-10-6-4-3-5-7-10/h3-9,12,15H,2H2,1H3. The van der Waals surface area contributed by atoms with E-state index in [2.05, 4.69) is 10.3 Å². The van der Waals surface area contributed by atoms with Crippen LogP contribution in [0.25, 0.3) is 0 Å². The largest absolute Gasteiger partial charge is 0.464 e. The highest BCUT2D eigenvalue weighted by atomic mass is 32.1. The third kappa shape index (κ3) is 3.07. The third-order valence-corrected chi connectivity index (χ3v) is 3.18. The maximum Gasteiger partial charge on any atom is 0.334 e. The monoisotopic (exact) mass is 262 g/mol. The van der Waals surface area contributed by atoms with E-state index in [-0.39, 0.29) is 5.97 Å². The number of anilines is 1. The van der Waals surface area contributed by atoms with Gasteiger partial charge in [0.2, 0.25) is 0 Å². The van der Waals surface area contributed by atoms with E-state index in [1.54, 1.807) is 18.6 Å². The van der Waals surface area contributed by atoms with Crippen LogP contribution >= 0.6 is 11.3 Å². The number of benzene rings is 1. The van der Waals surface area contributed by atoms with Crippen molar-refractivity contribution in [1.82, 2.24) is 4.98 Å². The van der Waals surface area contributed by atoms with Crippen LogP contribution < -0.4 is 5.32 Å². The number of rotatable bonds is 5. The van der Waals surface area contributed by atoms with Crippen LogP contribution in [0.3, 0.4) is 0 Å². The average molecular weight is 262 g/mol. The van der Waals surface area contributed by atoms with Crippen molar-refractivity contribution in [2.45, 2.75) is 13.0 Å². The Bertz CT molecular complexity index is 485. The molecule has 2 aromatic rings. The zero-order valence-electron chi connectivity index (χ0n) is 10.00. The van der Waals surface area contributed by atoms with E-state index in [9.17, 15) is 4.79 Å². The fourth-order valence-electron chi connectivity index (χ4n) is 1.54. The van der Waals surface area contributed by atoms with Crippen molar-refractivity contribution in [3.8, 4) is 0 Å². The summed E-state index contributed by atoms with van der Waals surface area (Å²) in [7, 11) is 0. The molecule has 0 spiro atoms. The Labute approximate surface area is 110 Å². The number of hydrogen-bond acceptors (Lipinski definition) is 5. The lowest BCUT2D eigenvalue weighted by molar-refractivity contribution is -0.144. The van der Waals surface area contributed by atoms with Crippen LogP contribution in [0.4, 0.5) is 5.69 Å². The Kier molecular flexibility index (Phi) is 4.30. The Hall–Kier alpha value is -1.88. The zero-order chi connectivity index (χ0) is 12.8. The summed E-state index contributed by atoms with van der Waals surface area (Å²) in [6.07, 6.45) is 1.68. The second-order valence-corrected chi connectivity index (χ2v) is 4.52. The fraction of sp³-hybridized carbons (Fsp3) is 0.231. The smallest absolute Gasteiger partial charge is 0.334 e. The second kappa shape index (κ2) is 6.16. The van der Waals surface area contributed by atoms with Crippen LogP contribution in [0.5, 0.6) is 0 Å². The van der Waals surface area contributed by atoms with E-state index >= 15 is 0 Å². The third-order valence-electron chi connectivity index (χ3n) is 2.34. The van der Waals surface area contributed by atoms with Gasteiger partial charge in [-0.3, -0.25) is 4.98 Å². The first-order valence-corrected chi connectivity index (χ1v) is 6.56. The van der Waals surface area contributed by atoms with Crippen molar-refractivity contribution >= 4 is 23.0 Å². The van der Waals surface area contributed by atoms with Crippen LogP contribution in [0.2, 0.25) is 0 Å². The molecular formula is C13H14N2O2S. The normalized spacial score (nSPS) is 11.8. The quantitative estimate of drug-likeness (QED) is 0.842. The van der Waals surface area contributed by atoms with Crippen LogP contribution in [0.15, 0.2) is 42.0 Å². The summed E-state index contributed by atoms with van der Waals surface area (Å²) in [4.78, 5) is 16.8. The van der Waals surface area contributed by atoms with E-state index in [4.69, 9.17) is 4.74 Å². The molecule has 2 rings (SSSR count). The molecule has 0 fully saturated rings. The van der Waals surface area contributed by atoms with E-state index in [0.29, 0.717) is 6.61 Å². The molecule has 1 aromatic heterocycles. The topological polar surface area (TPSA) is 51.2 Å². The van der Waals surface area contributed by atoms with Crippen LogP contribution in [-0.2, 0) is 9.53 Å². The molecule has 0 amide bonds. The molecule has 94 valence electrons. The summed E-state index contributed by atoms with van der Waals surface area (Å²) in [5.74, 6) is -0.286. The lowest BCUT2D eigenvalue weighted by Gasteiger charge is -2.16. The minimum atomic E-state index is -0.500. The van der Waals surface area contributed by atoms with Crippen LogP contribution in [0.1, 0.15) is 17.8 Å². The minimum absolute atomic E-state index is 0.286. The molecule has 0 aliphatic heterocycles. The van der Waals surface area contributed by atoms with Gasteiger partial charge < -0.3 is 10.1 Å². The molecule has 4 nitrogen and oxygen atoms in total. The molecular weight excluding hydrogens is 248 g/mol. The second-order valence-electron chi connectivity index (χ2n) is 3.60. The molecule has 1 unspecified atom stereocenters. The molecule has 0 bridgehead atoms. The molecule has 5 heteroatoms. The summed E-state index contributed by atoms with van der Waals surface area (Å²) in [5, 5.41) is 3.16. The first-order valence-electron chi connectivity index (χ1n) is 5.68. The predicted octanol–water partition coefficient (Wildman–Crippen LogP) is 2.86. The number of nitrogens with one attached hydrogen (secondary N) is 1. The molecule has 1 aromatic carbocycles. The first-order chi connectivity index (χ1) is 8.81. The molecule has 0 saturated carbocycles. The van der Waals surface area contributed by atoms with Gasteiger partial charge in [0.25, 0.3) is 0 Å². The molecule has 0 aliphatic carbocycles. The van der Waals surface area contributed by atoms with Crippen molar-refractivity contribution in [2.75, 3.05) is 11.9 Å². The SMILES string of the molecule is CCOC(=O)C(Nc1ccccc1)c1cncs1. The van der Waals surface area contributed by atoms with Gasteiger partial charge in [-0.1, -0.05) is 18.2 Å². The summed E-state index contributed by atoms with van der Waals surface area (Å²) in [5.41, 5.74) is 2.58. The number of carbonyl (C=O) groups excluding carboxylic acids is 1. The fourth-order valence-corrected chi connectivity index (χ4v) is 2.20. The number of para-hydroxylation sites is 1. The van der Waals surface area contributed by atoms with Crippen molar-refractivity contribution in [1.29, 1.82) is 0 Å². The molecule has 1 N–H and O–H groups in total. The average Bonchev–Trinajstić information content (AvgIpc) is 2.91. The van der Waals surface area contributed by atoms with Gasteiger partial charge in [-0.2, -0.15) is 0 Å². The molecule has 0 aliphatic rings. The molecule has 1 atom stereocenters. The number of ether oxygens (including phenoxy) is 1. The van der Waals surface area contributed by atoms with Crippen LogP contribution in [-0.4, -0.2) is 17.6 Å². The number of carbonyl (C=O) groups is 1. The van der Waals surface area contributed by atoms with Crippen molar-refractivity contribution < 1.29 is 9.53 Å². The Morgan fingerprint density at radius 3 is 2.83 bits per heavy atom. The number of thiazole rings is 1. The van der Waals surface area contributed by atoms with Gasteiger partial charge in [-0.05, 0) is 19.1 Å². The van der Waals surface area contributed by atoms with Gasteiger partial charge in [0.05, 0.1) is 17.0 Å². The lowest BCUT2D eigenvalue weighted by atomic mass is 10.2. The van der Waals surface area contributed by atoms with Crippen molar-refractivity contribution in [3.05, 3.63) is 46.9 Å². The van der Waals surface area contributed by atoms with Gasteiger partial charge in [-0.15, -0.1) is 11.3 Å². The Balaban J connectivity index is 2.18. The number of esters is 1. The van der Waals surface area contributed by atoms with Gasteiger partial charge >= 0.3 is 5.97 Å². The first kappa shape index (κ1) is 12.6. The van der Waals surface area contributed by atoms with Gasteiger partial charge in [0, 0.05) is 11.9 Å². The molecule has 0 radical (unpaired) electrons. The summed E-state index contributed by atoms with van der Waals surface area (Å²) in [6, 6.07) is 9.08. The van der Waals surface area contributed by atoms with Gasteiger partial charge in [0.1, 0.15) is 0 Å². The number of nitrogens with zero attached hydrogens (tertiary/aromatic N) is 1. The van der Waals surface area contributed by atoms with Gasteiger partial charge in [0.15, 0.2) is 6.04 Å². The van der Waals surface area contributed by atoms with Gasteiger partial charge in [-0.25, -0.2) is 4.79 Å². The summed E-state index contributed by atoms with van der Waals surface area (Å²) >= 11 is 1.43. The van der Waals surface area contributed by atoms with Crippen molar-refractivity contribution in [3.63, 3.8) is 0 Å². The zero-order valence-corrected chi connectivity index (χ0v) is 10.8. The van der Waals surface area contributed by atoms with E-state index < -0.39 is 6.04 Å². The highest BCUT2D eigenvalue weighted by Crippen LogP contribution is 2.23. The van der Waals surface area contributed by atoms with Crippen molar-refractivity contribution in [2.24, 2.45) is 0 Å². The summed E-state index contributed by atoms with van der Waals surface area (Å²) < 4.78 is 5.08. The molecule has 0 saturated heterocycles. The maximum atomic E-state index is 11.9. The molecule has 1 heterocycles.